The van der Waals surface area contributed by atoms with Crippen LogP contribution in [0.5, 0.6) is 0 Å². The average molecular weight is 254 g/mol. The van der Waals surface area contributed by atoms with Gasteiger partial charge in [0.25, 0.3) is 0 Å². The van der Waals surface area contributed by atoms with E-state index in [1.54, 1.807) is 0 Å². The summed E-state index contributed by atoms with van der Waals surface area (Å²) in [5, 5.41) is 3.51. The fourth-order valence-electron chi connectivity index (χ4n) is 2.11. The zero-order valence-corrected chi connectivity index (χ0v) is 12.0. The first-order chi connectivity index (χ1) is 9.18. The van der Waals surface area contributed by atoms with Crippen molar-refractivity contribution in [1.29, 1.82) is 0 Å². The molecule has 0 atom stereocenters. The van der Waals surface area contributed by atoms with Crippen molar-refractivity contribution in [2.24, 2.45) is 0 Å². The maximum Gasteiger partial charge on any atom is 0.0373 e. The zero-order chi connectivity index (χ0) is 13.7. The van der Waals surface area contributed by atoms with Crippen LogP contribution in [0.4, 0.5) is 11.4 Å². The number of para-hydroxylation sites is 1. The Kier molecular flexibility index (Phi) is 4.45. The van der Waals surface area contributed by atoms with Gasteiger partial charge in [-0.1, -0.05) is 30.3 Å². The first kappa shape index (κ1) is 13.5. The number of likely N-dealkylation sites (N-methyl/N-ethyl adjacent to an activating group) is 1. The van der Waals surface area contributed by atoms with E-state index in [0.717, 1.165) is 13.1 Å². The van der Waals surface area contributed by atoms with Crippen LogP contribution in [0.2, 0.25) is 0 Å². The zero-order valence-electron chi connectivity index (χ0n) is 12.0. The van der Waals surface area contributed by atoms with Crippen LogP contribution in [0.15, 0.2) is 48.5 Å². The van der Waals surface area contributed by atoms with E-state index in [0.29, 0.717) is 0 Å². The highest BCUT2D eigenvalue weighted by Crippen LogP contribution is 2.17. The van der Waals surface area contributed by atoms with Crippen molar-refractivity contribution in [3.63, 3.8) is 0 Å². The standard InChI is InChI=1S/C17H22N2/c1-14-8-7-11-17(15(14)2)18-12-13-19(3)16-9-5-4-6-10-16/h4-11,18H,12-13H2,1-3H3. The Morgan fingerprint density at radius 1 is 0.947 bits per heavy atom. The first-order valence-corrected chi connectivity index (χ1v) is 6.75. The Labute approximate surface area is 116 Å². The average Bonchev–Trinajstić information content (AvgIpc) is 2.44. The molecule has 2 rings (SSSR count). The Morgan fingerprint density at radius 2 is 1.68 bits per heavy atom. The van der Waals surface area contributed by atoms with Crippen LogP contribution in [0, 0.1) is 13.8 Å². The summed E-state index contributed by atoms with van der Waals surface area (Å²) in [5.41, 5.74) is 5.16. The van der Waals surface area contributed by atoms with E-state index in [1.165, 1.54) is 22.5 Å². The highest BCUT2D eigenvalue weighted by Gasteiger charge is 2.02. The number of aryl methyl sites for hydroxylation is 1. The van der Waals surface area contributed by atoms with E-state index in [2.05, 4.69) is 73.6 Å². The van der Waals surface area contributed by atoms with E-state index in [9.17, 15) is 0 Å². The van der Waals surface area contributed by atoms with Crippen LogP contribution in [0.1, 0.15) is 11.1 Å². The molecule has 0 bridgehead atoms. The fraction of sp³-hybridized carbons (Fsp3) is 0.294. The molecule has 0 saturated heterocycles. The SMILES string of the molecule is Cc1cccc(NCCN(C)c2ccccc2)c1C. The topological polar surface area (TPSA) is 15.3 Å². The molecule has 2 heteroatoms. The molecule has 0 radical (unpaired) electrons. The molecule has 0 fully saturated rings. The second-order valence-electron chi connectivity index (χ2n) is 4.93. The van der Waals surface area contributed by atoms with E-state index >= 15 is 0 Å². The van der Waals surface area contributed by atoms with E-state index < -0.39 is 0 Å². The molecule has 100 valence electrons. The number of nitrogens with one attached hydrogen (secondary N) is 1. The van der Waals surface area contributed by atoms with Gasteiger partial charge in [-0.25, -0.2) is 0 Å². The van der Waals surface area contributed by atoms with E-state index in [-0.39, 0.29) is 0 Å². The molecule has 0 aromatic heterocycles. The van der Waals surface area contributed by atoms with Gasteiger partial charge >= 0.3 is 0 Å². The molecule has 2 aromatic rings. The van der Waals surface area contributed by atoms with Crippen LogP contribution in [0.25, 0.3) is 0 Å². The third kappa shape index (κ3) is 3.50. The quantitative estimate of drug-likeness (QED) is 0.871. The Bertz CT molecular complexity index is 520. The lowest BCUT2D eigenvalue weighted by atomic mass is 10.1. The van der Waals surface area contributed by atoms with Crippen molar-refractivity contribution in [3.05, 3.63) is 59.7 Å². The maximum atomic E-state index is 3.51. The molecule has 0 aliphatic heterocycles. The van der Waals surface area contributed by atoms with Gasteiger partial charge < -0.3 is 10.2 Å². The number of anilines is 2. The Balaban J connectivity index is 1.88. The van der Waals surface area contributed by atoms with Crippen LogP contribution >= 0.6 is 0 Å². The van der Waals surface area contributed by atoms with Gasteiger partial charge in [0, 0.05) is 31.5 Å². The molecule has 0 spiro atoms. The summed E-state index contributed by atoms with van der Waals surface area (Å²) in [6.45, 7) is 6.24. The summed E-state index contributed by atoms with van der Waals surface area (Å²) in [5.74, 6) is 0. The fourth-order valence-corrected chi connectivity index (χ4v) is 2.11. The number of rotatable bonds is 5. The van der Waals surface area contributed by atoms with E-state index in [1.807, 2.05) is 6.07 Å². The van der Waals surface area contributed by atoms with Gasteiger partial charge in [-0.05, 0) is 43.2 Å². The molecule has 2 aromatic carbocycles. The summed E-state index contributed by atoms with van der Waals surface area (Å²) >= 11 is 0. The van der Waals surface area contributed by atoms with Crippen molar-refractivity contribution in [1.82, 2.24) is 0 Å². The van der Waals surface area contributed by atoms with Crippen molar-refractivity contribution < 1.29 is 0 Å². The van der Waals surface area contributed by atoms with Crippen LogP contribution in [-0.2, 0) is 0 Å². The predicted octanol–water partition coefficient (Wildman–Crippen LogP) is 3.85. The molecule has 0 unspecified atom stereocenters. The molecule has 0 amide bonds. The van der Waals surface area contributed by atoms with Crippen molar-refractivity contribution >= 4 is 11.4 Å². The van der Waals surface area contributed by atoms with Gasteiger partial charge in [-0.15, -0.1) is 0 Å². The lowest BCUT2D eigenvalue weighted by Crippen LogP contribution is -2.24. The lowest BCUT2D eigenvalue weighted by Gasteiger charge is -2.20. The normalized spacial score (nSPS) is 10.3. The van der Waals surface area contributed by atoms with Gasteiger partial charge in [0.05, 0.1) is 0 Å². The van der Waals surface area contributed by atoms with Crippen LogP contribution < -0.4 is 10.2 Å². The lowest BCUT2D eigenvalue weighted by molar-refractivity contribution is 0.913. The number of benzene rings is 2. The number of nitrogens with zero attached hydrogens (tertiary/aromatic N) is 1. The molecular formula is C17H22N2. The maximum absolute atomic E-state index is 3.51. The van der Waals surface area contributed by atoms with Gasteiger partial charge in [-0.3, -0.25) is 0 Å². The van der Waals surface area contributed by atoms with Gasteiger partial charge in [0.1, 0.15) is 0 Å². The van der Waals surface area contributed by atoms with Gasteiger partial charge in [0.15, 0.2) is 0 Å². The largest absolute Gasteiger partial charge is 0.383 e. The minimum absolute atomic E-state index is 0.940. The second kappa shape index (κ2) is 6.28. The monoisotopic (exact) mass is 254 g/mol. The first-order valence-electron chi connectivity index (χ1n) is 6.75. The summed E-state index contributed by atoms with van der Waals surface area (Å²) < 4.78 is 0. The highest BCUT2D eigenvalue weighted by molar-refractivity contribution is 5.54. The molecule has 0 aliphatic carbocycles. The third-order valence-corrected chi connectivity index (χ3v) is 3.56. The third-order valence-electron chi connectivity index (χ3n) is 3.56. The minimum atomic E-state index is 0.940. The minimum Gasteiger partial charge on any atom is -0.383 e. The van der Waals surface area contributed by atoms with Gasteiger partial charge in [0.2, 0.25) is 0 Å². The van der Waals surface area contributed by atoms with Crippen LogP contribution in [-0.4, -0.2) is 20.1 Å². The Morgan fingerprint density at radius 3 is 2.42 bits per heavy atom. The van der Waals surface area contributed by atoms with Gasteiger partial charge in [-0.2, -0.15) is 0 Å². The van der Waals surface area contributed by atoms with Crippen molar-refractivity contribution in [3.8, 4) is 0 Å². The van der Waals surface area contributed by atoms with Crippen molar-refractivity contribution in [2.75, 3.05) is 30.4 Å². The summed E-state index contributed by atoms with van der Waals surface area (Å²) in [6, 6.07) is 16.9. The Hall–Kier alpha value is -1.96. The summed E-state index contributed by atoms with van der Waals surface area (Å²) in [6.07, 6.45) is 0. The molecule has 1 N–H and O–H groups in total. The molecule has 0 aliphatic rings. The summed E-state index contributed by atoms with van der Waals surface area (Å²) in [4.78, 5) is 2.26. The molecule has 0 saturated carbocycles. The van der Waals surface area contributed by atoms with E-state index in [4.69, 9.17) is 0 Å². The van der Waals surface area contributed by atoms with Crippen molar-refractivity contribution in [2.45, 2.75) is 13.8 Å². The number of hydrogen-bond donors (Lipinski definition) is 1. The predicted molar refractivity (Wildman–Crippen MR) is 84.1 cm³/mol. The smallest absolute Gasteiger partial charge is 0.0373 e. The molecule has 19 heavy (non-hydrogen) atoms. The van der Waals surface area contributed by atoms with Crippen LogP contribution in [0.3, 0.4) is 0 Å². The highest BCUT2D eigenvalue weighted by atomic mass is 15.1. The molecule has 0 heterocycles. The summed E-state index contributed by atoms with van der Waals surface area (Å²) in [7, 11) is 2.13. The molecule has 2 nitrogen and oxygen atoms in total. The second-order valence-corrected chi connectivity index (χ2v) is 4.93. The number of hydrogen-bond acceptors (Lipinski definition) is 2. The molecular weight excluding hydrogens is 232 g/mol.